The van der Waals surface area contributed by atoms with E-state index in [-0.39, 0.29) is 11.1 Å². The van der Waals surface area contributed by atoms with Crippen LogP contribution in [0.3, 0.4) is 0 Å². The van der Waals surface area contributed by atoms with E-state index < -0.39 is 16.5 Å². The highest BCUT2D eigenvalue weighted by Crippen LogP contribution is 2.55. The molecule has 0 spiro atoms. The Morgan fingerprint density at radius 1 is 0.576 bits per heavy atom. The molecule has 0 aromatic heterocycles. The van der Waals surface area contributed by atoms with Crippen molar-refractivity contribution in [2.75, 3.05) is 0 Å². The van der Waals surface area contributed by atoms with Crippen molar-refractivity contribution in [1.82, 2.24) is 9.96 Å². The number of hydrogen-bond acceptors (Lipinski definition) is 2. The highest BCUT2D eigenvalue weighted by molar-refractivity contribution is 6.96. The first-order valence-electron chi connectivity index (χ1n) is 13.6. The van der Waals surface area contributed by atoms with Crippen molar-refractivity contribution < 1.29 is 0 Å². The van der Waals surface area contributed by atoms with E-state index >= 15 is 0 Å². The second-order valence-corrected chi connectivity index (χ2v) is 23.6. The van der Waals surface area contributed by atoms with E-state index in [1.54, 1.807) is 22.3 Å². The van der Waals surface area contributed by atoms with Crippen LogP contribution in [0.2, 0.25) is 29.8 Å². The van der Waals surface area contributed by atoms with E-state index in [0.717, 1.165) is 11.8 Å². The monoisotopic (exact) mass is 490 g/mol. The van der Waals surface area contributed by atoms with Gasteiger partial charge in [0, 0.05) is 11.1 Å². The van der Waals surface area contributed by atoms with Gasteiger partial charge in [-0.2, -0.15) is 0 Å². The molecule has 0 fully saturated rings. The minimum atomic E-state index is -1.90. The van der Waals surface area contributed by atoms with Crippen LogP contribution in [0.15, 0.2) is 22.3 Å². The van der Waals surface area contributed by atoms with E-state index in [1.165, 1.54) is 5.67 Å². The predicted octanol–water partition coefficient (Wildman–Crippen LogP) is 8.44. The van der Waals surface area contributed by atoms with Crippen LogP contribution in [0, 0.1) is 23.7 Å². The zero-order valence-electron chi connectivity index (χ0n) is 25.2. The fraction of sp³-hybridized carbons (Fsp3) is 0.862. The molecule has 33 heavy (non-hydrogen) atoms. The average Bonchev–Trinajstić information content (AvgIpc) is 2.91. The van der Waals surface area contributed by atoms with Gasteiger partial charge in [-0.05, 0) is 110 Å². The predicted molar refractivity (Wildman–Crippen MR) is 155 cm³/mol. The van der Waals surface area contributed by atoms with E-state index in [4.69, 9.17) is 0 Å². The summed E-state index contributed by atoms with van der Waals surface area (Å²) in [6, 6.07) is 0. The quantitative estimate of drug-likeness (QED) is 0.288. The Morgan fingerprint density at radius 3 is 1.03 bits per heavy atom. The lowest BCUT2D eigenvalue weighted by Crippen LogP contribution is -2.69. The SMILES string of the molecule is CC1=C(C)[C@@H]([Si](C)(C[Si](C)(NC(C)(C)C)[C@H]2C(C)=C(C)[C@H](C)C2C)NC(C)(C)C)C(C)[C@@H]1C. The first kappa shape index (κ1) is 29.1. The number of allylic oxidation sites excluding steroid dienone is 4. The van der Waals surface area contributed by atoms with Gasteiger partial charge < -0.3 is 9.96 Å². The molecule has 0 amide bonds. The molecule has 0 bridgehead atoms. The maximum atomic E-state index is 4.38. The first-order chi connectivity index (χ1) is 14.7. The summed E-state index contributed by atoms with van der Waals surface area (Å²) in [6.07, 6.45) is 0. The summed E-state index contributed by atoms with van der Waals surface area (Å²) in [6.45, 7) is 39.5. The highest BCUT2D eigenvalue weighted by atomic mass is 28.4. The lowest BCUT2D eigenvalue weighted by molar-refractivity contribution is 0.442. The summed E-state index contributed by atoms with van der Waals surface area (Å²) in [7, 11) is -3.80. The van der Waals surface area contributed by atoms with Crippen molar-refractivity contribution in [3.05, 3.63) is 22.3 Å². The third-order valence-corrected chi connectivity index (χ3v) is 22.8. The van der Waals surface area contributed by atoms with Gasteiger partial charge in [-0.3, -0.25) is 0 Å². The molecule has 0 saturated carbocycles. The third-order valence-electron chi connectivity index (χ3n) is 9.60. The Bertz CT molecular complexity index is 733. The normalized spacial score (nSPS) is 35.3. The van der Waals surface area contributed by atoms with Crippen LogP contribution < -0.4 is 9.96 Å². The minimum Gasteiger partial charge on any atom is -0.332 e. The van der Waals surface area contributed by atoms with Crippen LogP contribution >= 0.6 is 0 Å². The summed E-state index contributed by atoms with van der Waals surface area (Å²) in [5, 5.41) is 0. The summed E-state index contributed by atoms with van der Waals surface area (Å²) in [5.41, 5.74) is 9.77. The summed E-state index contributed by atoms with van der Waals surface area (Å²) < 4.78 is 0. The second kappa shape index (κ2) is 9.37. The Balaban J connectivity index is 2.67. The molecule has 2 nitrogen and oxygen atoms in total. The smallest absolute Gasteiger partial charge is 0.129 e. The standard InChI is InChI=1S/C29H58N2Si2/c1-18-19(2)23(6)26(22(18)5)32(15,30-28(9,10)11)17-33(16,31-29(12,13)14)27-24(7)20(3)21(4)25(27)8/h18,20,22,24,26-27,30-31H,17H2,1-16H3/t18-,20+,22?,24?,26+,27-,32?,33?. The Hall–Kier alpha value is -0.166. The van der Waals surface area contributed by atoms with Crippen molar-refractivity contribution in [3.8, 4) is 0 Å². The van der Waals surface area contributed by atoms with Gasteiger partial charge in [0.15, 0.2) is 0 Å². The van der Waals surface area contributed by atoms with Crippen LogP contribution in [0.4, 0.5) is 0 Å². The molecule has 4 unspecified atom stereocenters. The van der Waals surface area contributed by atoms with Gasteiger partial charge in [0.2, 0.25) is 0 Å². The summed E-state index contributed by atoms with van der Waals surface area (Å²) in [4.78, 5) is 8.75. The zero-order valence-corrected chi connectivity index (χ0v) is 27.2. The van der Waals surface area contributed by atoms with E-state index in [0.29, 0.717) is 22.9 Å². The molecule has 0 saturated heterocycles. The molecule has 8 atom stereocenters. The van der Waals surface area contributed by atoms with Gasteiger partial charge in [-0.1, -0.05) is 63.1 Å². The molecular formula is C29H58N2Si2. The third kappa shape index (κ3) is 5.81. The largest absolute Gasteiger partial charge is 0.332 e. The lowest BCUT2D eigenvalue weighted by Gasteiger charge is -2.51. The maximum Gasteiger partial charge on any atom is 0.129 e. The minimum absolute atomic E-state index is 0.132. The highest BCUT2D eigenvalue weighted by Gasteiger charge is 2.56. The van der Waals surface area contributed by atoms with Gasteiger partial charge in [-0.15, -0.1) is 0 Å². The number of rotatable bonds is 6. The molecule has 2 rings (SSSR count). The molecule has 2 N–H and O–H groups in total. The van der Waals surface area contributed by atoms with Crippen molar-refractivity contribution in [3.63, 3.8) is 0 Å². The topological polar surface area (TPSA) is 24.1 Å². The first-order valence-corrected chi connectivity index (χ1v) is 19.2. The molecule has 0 radical (unpaired) electrons. The average molecular weight is 491 g/mol. The van der Waals surface area contributed by atoms with Gasteiger partial charge >= 0.3 is 0 Å². The molecule has 0 heterocycles. The van der Waals surface area contributed by atoms with Crippen molar-refractivity contribution >= 4 is 16.5 Å². The molecule has 0 aromatic carbocycles. The molecule has 2 aliphatic rings. The van der Waals surface area contributed by atoms with Crippen LogP contribution in [-0.4, -0.2) is 27.5 Å². The van der Waals surface area contributed by atoms with E-state index in [2.05, 4.69) is 120 Å². The zero-order chi connectivity index (χ0) is 25.9. The molecule has 0 aliphatic heterocycles. The summed E-state index contributed by atoms with van der Waals surface area (Å²) >= 11 is 0. The molecular weight excluding hydrogens is 433 g/mol. The lowest BCUT2D eigenvalue weighted by atomic mass is 9.95. The maximum absolute atomic E-state index is 4.38. The van der Waals surface area contributed by atoms with E-state index in [9.17, 15) is 0 Å². The van der Waals surface area contributed by atoms with Crippen LogP contribution in [0.5, 0.6) is 0 Å². The van der Waals surface area contributed by atoms with Gasteiger partial charge in [0.05, 0.1) is 0 Å². The molecule has 0 aromatic rings. The van der Waals surface area contributed by atoms with Crippen LogP contribution in [-0.2, 0) is 0 Å². The summed E-state index contributed by atoms with van der Waals surface area (Å²) in [5.74, 6) is 2.84. The Labute approximate surface area is 210 Å². The molecule has 192 valence electrons. The Morgan fingerprint density at radius 2 is 0.848 bits per heavy atom. The second-order valence-electron chi connectivity index (χ2n) is 14.7. The Kier molecular flexibility index (Phi) is 8.25. The van der Waals surface area contributed by atoms with Crippen molar-refractivity contribution in [1.29, 1.82) is 0 Å². The fourth-order valence-electron chi connectivity index (χ4n) is 8.42. The van der Waals surface area contributed by atoms with Crippen molar-refractivity contribution in [2.24, 2.45) is 23.7 Å². The number of nitrogens with one attached hydrogen (secondary N) is 2. The van der Waals surface area contributed by atoms with Gasteiger partial charge in [0.1, 0.15) is 16.5 Å². The van der Waals surface area contributed by atoms with E-state index in [1.807, 2.05) is 0 Å². The molecule has 4 heteroatoms. The van der Waals surface area contributed by atoms with Gasteiger partial charge in [-0.25, -0.2) is 0 Å². The van der Waals surface area contributed by atoms with Crippen LogP contribution in [0.1, 0.15) is 96.9 Å². The van der Waals surface area contributed by atoms with Crippen LogP contribution in [0.25, 0.3) is 0 Å². The van der Waals surface area contributed by atoms with Gasteiger partial charge in [0.25, 0.3) is 0 Å². The molecule has 2 aliphatic carbocycles. The number of hydrogen-bond donors (Lipinski definition) is 2. The fourth-order valence-corrected chi connectivity index (χ4v) is 26.0. The van der Waals surface area contributed by atoms with Crippen molar-refractivity contribution in [2.45, 2.75) is 138 Å².